The van der Waals surface area contributed by atoms with Crippen molar-refractivity contribution in [1.82, 2.24) is 9.78 Å². The lowest BCUT2D eigenvalue weighted by atomic mass is 10.3. The lowest BCUT2D eigenvalue weighted by Crippen LogP contribution is -2.37. The summed E-state index contributed by atoms with van der Waals surface area (Å²) in [4.78, 5) is 27.3. The Morgan fingerprint density at radius 1 is 1.12 bits per heavy atom. The number of benzene rings is 1. The number of anilines is 1. The second kappa shape index (κ2) is 7.23. The standard InChI is InChI=1S/C18H17N3O2S/c1-2-20(14-7-4-3-5-8-14)18(23)13-21-17(22)11-10-15(19-21)16-9-6-12-24-16/h3-12H,2,13H2,1H3. The molecule has 0 radical (unpaired) electrons. The molecule has 0 saturated carbocycles. The van der Waals surface area contributed by atoms with Gasteiger partial charge < -0.3 is 4.90 Å². The van der Waals surface area contributed by atoms with E-state index in [2.05, 4.69) is 5.10 Å². The number of amides is 1. The number of hydrogen-bond acceptors (Lipinski definition) is 4. The Hall–Kier alpha value is -2.73. The van der Waals surface area contributed by atoms with Gasteiger partial charge in [-0.1, -0.05) is 24.3 Å². The van der Waals surface area contributed by atoms with Gasteiger partial charge in [-0.25, -0.2) is 4.68 Å². The molecule has 0 saturated heterocycles. The maximum atomic E-state index is 12.6. The Labute approximate surface area is 143 Å². The fraction of sp³-hybridized carbons (Fsp3) is 0.167. The third-order valence-electron chi connectivity index (χ3n) is 3.61. The van der Waals surface area contributed by atoms with Crippen LogP contribution in [0.1, 0.15) is 6.92 Å². The van der Waals surface area contributed by atoms with Gasteiger partial charge in [-0.05, 0) is 36.6 Å². The average molecular weight is 339 g/mol. The molecule has 0 aliphatic carbocycles. The second-order valence-corrected chi connectivity index (χ2v) is 6.11. The minimum absolute atomic E-state index is 0.0826. The van der Waals surface area contributed by atoms with Gasteiger partial charge in [0.15, 0.2) is 0 Å². The van der Waals surface area contributed by atoms with Crippen molar-refractivity contribution in [2.75, 3.05) is 11.4 Å². The topological polar surface area (TPSA) is 55.2 Å². The quantitative estimate of drug-likeness (QED) is 0.718. The van der Waals surface area contributed by atoms with E-state index in [9.17, 15) is 9.59 Å². The number of hydrogen-bond donors (Lipinski definition) is 0. The van der Waals surface area contributed by atoms with E-state index < -0.39 is 0 Å². The highest BCUT2D eigenvalue weighted by atomic mass is 32.1. The Morgan fingerprint density at radius 2 is 1.92 bits per heavy atom. The van der Waals surface area contributed by atoms with Crippen LogP contribution < -0.4 is 10.5 Å². The molecule has 0 unspecified atom stereocenters. The van der Waals surface area contributed by atoms with Crippen molar-refractivity contribution in [2.45, 2.75) is 13.5 Å². The fourth-order valence-electron chi connectivity index (χ4n) is 2.44. The number of para-hydroxylation sites is 1. The molecule has 3 rings (SSSR count). The van der Waals surface area contributed by atoms with E-state index in [1.165, 1.54) is 10.7 Å². The summed E-state index contributed by atoms with van der Waals surface area (Å²) in [6, 6.07) is 16.4. The van der Waals surface area contributed by atoms with Crippen molar-refractivity contribution in [1.29, 1.82) is 0 Å². The molecule has 3 aromatic rings. The zero-order valence-electron chi connectivity index (χ0n) is 13.3. The predicted octanol–water partition coefficient (Wildman–Crippen LogP) is 3.02. The van der Waals surface area contributed by atoms with Gasteiger partial charge in [0.2, 0.25) is 5.91 Å². The van der Waals surface area contributed by atoms with Gasteiger partial charge in [-0.15, -0.1) is 11.3 Å². The van der Waals surface area contributed by atoms with Crippen molar-refractivity contribution in [3.05, 3.63) is 70.3 Å². The van der Waals surface area contributed by atoms with E-state index in [1.807, 2.05) is 54.8 Å². The van der Waals surface area contributed by atoms with Gasteiger partial charge in [0.1, 0.15) is 12.2 Å². The van der Waals surface area contributed by atoms with E-state index in [0.717, 1.165) is 10.6 Å². The molecule has 0 atom stereocenters. The zero-order chi connectivity index (χ0) is 16.9. The van der Waals surface area contributed by atoms with Crippen LogP contribution in [0.2, 0.25) is 0 Å². The summed E-state index contributed by atoms with van der Waals surface area (Å²) in [6.45, 7) is 2.35. The number of aromatic nitrogens is 2. The van der Waals surface area contributed by atoms with Crippen LogP contribution in [0.25, 0.3) is 10.6 Å². The van der Waals surface area contributed by atoms with Gasteiger partial charge in [-0.3, -0.25) is 9.59 Å². The minimum atomic E-state index is -0.284. The first kappa shape index (κ1) is 16.1. The third kappa shape index (κ3) is 3.44. The van der Waals surface area contributed by atoms with Crippen LogP contribution in [0, 0.1) is 0 Å². The molecule has 0 N–H and O–H groups in total. The van der Waals surface area contributed by atoms with Crippen molar-refractivity contribution >= 4 is 22.9 Å². The maximum absolute atomic E-state index is 12.6. The number of thiophene rings is 1. The highest BCUT2D eigenvalue weighted by molar-refractivity contribution is 7.13. The van der Waals surface area contributed by atoms with Crippen LogP contribution in [0.4, 0.5) is 5.69 Å². The van der Waals surface area contributed by atoms with Crippen molar-refractivity contribution < 1.29 is 4.79 Å². The molecule has 1 aromatic carbocycles. The summed E-state index contributed by atoms with van der Waals surface area (Å²) in [5.41, 5.74) is 1.22. The van der Waals surface area contributed by atoms with Crippen LogP contribution >= 0.6 is 11.3 Å². The molecule has 0 spiro atoms. The normalized spacial score (nSPS) is 10.5. The van der Waals surface area contributed by atoms with Crippen LogP contribution in [-0.2, 0) is 11.3 Å². The summed E-state index contributed by atoms with van der Waals surface area (Å²) in [5, 5.41) is 6.28. The van der Waals surface area contributed by atoms with Crippen LogP contribution in [-0.4, -0.2) is 22.2 Å². The molecule has 24 heavy (non-hydrogen) atoms. The molecule has 2 aromatic heterocycles. The van der Waals surface area contributed by atoms with E-state index in [0.29, 0.717) is 12.2 Å². The highest BCUT2D eigenvalue weighted by Gasteiger charge is 2.16. The summed E-state index contributed by atoms with van der Waals surface area (Å²) in [6.07, 6.45) is 0. The second-order valence-electron chi connectivity index (χ2n) is 5.17. The first-order valence-corrected chi connectivity index (χ1v) is 8.54. The molecule has 0 bridgehead atoms. The number of carbonyl (C=O) groups is 1. The molecule has 0 fully saturated rings. The SMILES string of the molecule is CCN(C(=O)Cn1nc(-c2cccs2)ccc1=O)c1ccccc1. The predicted molar refractivity (Wildman–Crippen MR) is 96.3 cm³/mol. The smallest absolute Gasteiger partial charge is 0.267 e. The zero-order valence-corrected chi connectivity index (χ0v) is 14.1. The van der Waals surface area contributed by atoms with Gasteiger partial charge >= 0.3 is 0 Å². The Balaban J connectivity index is 1.86. The summed E-state index contributed by atoms with van der Waals surface area (Å²) in [5.74, 6) is -0.165. The third-order valence-corrected chi connectivity index (χ3v) is 4.50. The number of nitrogens with zero attached hydrogens (tertiary/aromatic N) is 3. The Kier molecular flexibility index (Phi) is 4.86. The number of carbonyl (C=O) groups excluding carboxylic acids is 1. The number of likely N-dealkylation sites (N-methyl/N-ethyl adjacent to an activating group) is 1. The number of rotatable bonds is 5. The highest BCUT2D eigenvalue weighted by Crippen LogP contribution is 2.21. The molecule has 0 aliphatic heterocycles. The van der Waals surface area contributed by atoms with E-state index in [4.69, 9.17) is 0 Å². The molecule has 2 heterocycles. The molecule has 5 nitrogen and oxygen atoms in total. The van der Waals surface area contributed by atoms with Gasteiger partial charge in [0.05, 0.1) is 4.88 Å². The molecule has 122 valence electrons. The van der Waals surface area contributed by atoms with Gasteiger partial charge in [-0.2, -0.15) is 5.10 Å². The van der Waals surface area contributed by atoms with Crippen molar-refractivity contribution in [3.63, 3.8) is 0 Å². The lowest BCUT2D eigenvalue weighted by molar-refractivity contribution is -0.119. The van der Waals surface area contributed by atoms with Gasteiger partial charge in [0.25, 0.3) is 5.56 Å². The lowest BCUT2D eigenvalue weighted by Gasteiger charge is -2.21. The van der Waals surface area contributed by atoms with E-state index in [1.54, 1.807) is 22.3 Å². The Bertz CT molecular complexity index is 873. The molecule has 6 heteroatoms. The van der Waals surface area contributed by atoms with E-state index >= 15 is 0 Å². The first-order valence-electron chi connectivity index (χ1n) is 7.66. The van der Waals surface area contributed by atoms with Crippen molar-refractivity contribution in [3.8, 4) is 10.6 Å². The molecular weight excluding hydrogens is 322 g/mol. The maximum Gasteiger partial charge on any atom is 0.267 e. The van der Waals surface area contributed by atoms with E-state index in [-0.39, 0.29) is 18.0 Å². The first-order chi connectivity index (χ1) is 11.7. The van der Waals surface area contributed by atoms with Crippen molar-refractivity contribution in [2.24, 2.45) is 0 Å². The summed E-state index contributed by atoms with van der Waals surface area (Å²) in [7, 11) is 0. The molecular formula is C18H17N3O2S. The monoisotopic (exact) mass is 339 g/mol. The molecule has 1 amide bonds. The summed E-state index contributed by atoms with van der Waals surface area (Å²) >= 11 is 1.54. The summed E-state index contributed by atoms with van der Waals surface area (Å²) < 4.78 is 1.23. The van der Waals surface area contributed by atoms with Gasteiger partial charge in [0, 0.05) is 18.3 Å². The largest absolute Gasteiger partial charge is 0.311 e. The van der Waals surface area contributed by atoms with Crippen LogP contribution in [0.15, 0.2) is 64.8 Å². The fourth-order valence-corrected chi connectivity index (χ4v) is 3.13. The van der Waals surface area contributed by atoms with Crippen LogP contribution in [0.5, 0.6) is 0 Å². The minimum Gasteiger partial charge on any atom is -0.311 e. The van der Waals surface area contributed by atoms with Crippen LogP contribution in [0.3, 0.4) is 0 Å². The molecule has 0 aliphatic rings. The Morgan fingerprint density at radius 3 is 2.58 bits per heavy atom. The average Bonchev–Trinajstić information content (AvgIpc) is 3.13.